The molecular formula is C6H12NO. The van der Waals surface area contributed by atoms with Crippen LogP contribution < -0.4 is 5.32 Å². The van der Waals surface area contributed by atoms with Gasteiger partial charge in [-0.15, -0.1) is 0 Å². The van der Waals surface area contributed by atoms with E-state index in [4.69, 9.17) is 0 Å². The summed E-state index contributed by atoms with van der Waals surface area (Å²) in [6.07, 6.45) is 1.46. The van der Waals surface area contributed by atoms with Crippen molar-refractivity contribution in [3.63, 3.8) is 0 Å². The van der Waals surface area contributed by atoms with Crippen molar-refractivity contribution in [1.82, 2.24) is 5.32 Å². The number of carbonyl (C=O) groups excluding carboxylic acids is 1. The first-order chi connectivity index (χ1) is 3.81. The Morgan fingerprint density at radius 1 is 1.62 bits per heavy atom. The summed E-state index contributed by atoms with van der Waals surface area (Å²) >= 11 is 0. The molecule has 0 unspecified atom stereocenters. The maximum atomic E-state index is 10.4. The van der Waals surface area contributed by atoms with Gasteiger partial charge in [0.2, 0.25) is 5.91 Å². The van der Waals surface area contributed by atoms with Crippen molar-refractivity contribution in [2.75, 3.05) is 0 Å². The van der Waals surface area contributed by atoms with E-state index in [1.165, 1.54) is 0 Å². The molecule has 0 rings (SSSR count). The zero-order chi connectivity index (χ0) is 6.41. The SMILES string of the molecule is CC[CH]NC(=O)CC. The van der Waals surface area contributed by atoms with Gasteiger partial charge in [-0.25, -0.2) is 0 Å². The van der Waals surface area contributed by atoms with Crippen LogP contribution in [0.1, 0.15) is 26.7 Å². The van der Waals surface area contributed by atoms with Crippen LogP contribution in [0.4, 0.5) is 0 Å². The molecule has 0 aliphatic heterocycles. The van der Waals surface area contributed by atoms with Crippen molar-refractivity contribution in [3.8, 4) is 0 Å². The molecule has 0 aromatic heterocycles. The minimum absolute atomic E-state index is 0.0897. The fourth-order valence-electron chi connectivity index (χ4n) is 0.318. The summed E-state index contributed by atoms with van der Waals surface area (Å²) in [5, 5.41) is 2.62. The second-order valence-electron chi connectivity index (χ2n) is 1.53. The van der Waals surface area contributed by atoms with Gasteiger partial charge < -0.3 is 5.32 Å². The molecule has 2 heteroatoms. The highest BCUT2D eigenvalue weighted by Gasteiger charge is 1.91. The van der Waals surface area contributed by atoms with Crippen LogP contribution in [-0.4, -0.2) is 5.91 Å². The quantitative estimate of drug-likeness (QED) is 0.584. The lowest BCUT2D eigenvalue weighted by molar-refractivity contribution is -0.120. The lowest BCUT2D eigenvalue weighted by Gasteiger charge is -1.96. The van der Waals surface area contributed by atoms with E-state index < -0.39 is 0 Å². The summed E-state index contributed by atoms with van der Waals surface area (Å²) in [6, 6.07) is 0. The Bertz CT molecular complexity index is 70.9. The monoisotopic (exact) mass is 114 g/mol. The van der Waals surface area contributed by atoms with Crippen molar-refractivity contribution in [2.24, 2.45) is 0 Å². The van der Waals surface area contributed by atoms with E-state index in [9.17, 15) is 4.79 Å². The Labute approximate surface area is 50.3 Å². The summed E-state index contributed by atoms with van der Waals surface area (Å²) < 4.78 is 0. The minimum Gasteiger partial charge on any atom is -0.351 e. The van der Waals surface area contributed by atoms with Gasteiger partial charge in [-0.3, -0.25) is 4.79 Å². The van der Waals surface area contributed by atoms with Crippen LogP contribution in [-0.2, 0) is 4.79 Å². The van der Waals surface area contributed by atoms with Gasteiger partial charge in [-0.2, -0.15) is 0 Å². The molecule has 0 aromatic rings. The number of carbonyl (C=O) groups is 1. The standard InChI is InChI=1S/C6H12NO/c1-3-5-7-6(8)4-2/h5H,3-4H2,1-2H3,(H,7,8). The first-order valence-corrected chi connectivity index (χ1v) is 2.92. The predicted molar refractivity (Wildman–Crippen MR) is 33.0 cm³/mol. The number of nitrogens with one attached hydrogen (secondary N) is 1. The summed E-state index contributed by atoms with van der Waals surface area (Å²) in [5.74, 6) is 0.0897. The minimum atomic E-state index is 0.0897. The molecule has 0 aliphatic rings. The highest BCUT2D eigenvalue weighted by atomic mass is 16.1. The highest BCUT2D eigenvalue weighted by molar-refractivity contribution is 5.76. The molecule has 0 aromatic carbocycles. The summed E-state index contributed by atoms with van der Waals surface area (Å²) in [7, 11) is 0. The van der Waals surface area contributed by atoms with E-state index in [0.717, 1.165) is 6.42 Å². The van der Waals surface area contributed by atoms with Crippen LogP contribution in [0.25, 0.3) is 0 Å². The van der Waals surface area contributed by atoms with Gasteiger partial charge in [0.1, 0.15) is 0 Å². The molecule has 0 saturated carbocycles. The van der Waals surface area contributed by atoms with Gasteiger partial charge >= 0.3 is 0 Å². The number of hydrogen-bond donors (Lipinski definition) is 1. The van der Waals surface area contributed by atoms with Gasteiger partial charge in [-0.1, -0.05) is 13.8 Å². The van der Waals surface area contributed by atoms with Gasteiger partial charge in [0.15, 0.2) is 0 Å². The Morgan fingerprint density at radius 3 is 2.62 bits per heavy atom. The zero-order valence-corrected chi connectivity index (χ0v) is 5.40. The van der Waals surface area contributed by atoms with Gasteiger partial charge in [0, 0.05) is 13.0 Å². The first kappa shape index (κ1) is 7.47. The molecule has 47 valence electrons. The van der Waals surface area contributed by atoms with Crippen LogP contribution >= 0.6 is 0 Å². The van der Waals surface area contributed by atoms with E-state index >= 15 is 0 Å². The maximum absolute atomic E-state index is 10.4. The molecule has 1 N–H and O–H groups in total. The van der Waals surface area contributed by atoms with Gasteiger partial charge in [-0.05, 0) is 6.42 Å². The Hall–Kier alpha value is -0.530. The molecule has 0 aliphatic carbocycles. The molecule has 0 heterocycles. The number of rotatable bonds is 3. The third-order valence-corrected chi connectivity index (χ3v) is 0.788. The van der Waals surface area contributed by atoms with Crippen molar-refractivity contribution >= 4 is 5.91 Å². The Kier molecular flexibility index (Phi) is 4.32. The van der Waals surface area contributed by atoms with Crippen molar-refractivity contribution in [2.45, 2.75) is 26.7 Å². The van der Waals surface area contributed by atoms with E-state index in [1.54, 1.807) is 6.54 Å². The smallest absolute Gasteiger partial charge is 0.220 e. The fraction of sp³-hybridized carbons (Fsp3) is 0.667. The summed E-state index contributed by atoms with van der Waals surface area (Å²) in [6.45, 7) is 5.57. The average molecular weight is 114 g/mol. The van der Waals surface area contributed by atoms with Crippen LogP contribution in [0.3, 0.4) is 0 Å². The Balaban J connectivity index is 2.99. The predicted octanol–water partition coefficient (Wildman–Crippen LogP) is 1.08. The second-order valence-corrected chi connectivity index (χ2v) is 1.53. The second kappa shape index (κ2) is 4.62. The molecule has 0 bridgehead atoms. The van der Waals surface area contributed by atoms with E-state index in [0.29, 0.717) is 6.42 Å². The molecule has 0 atom stereocenters. The highest BCUT2D eigenvalue weighted by Crippen LogP contribution is 1.80. The molecular weight excluding hydrogens is 102 g/mol. The van der Waals surface area contributed by atoms with Crippen molar-refractivity contribution < 1.29 is 4.79 Å². The average Bonchev–Trinajstić information content (AvgIpc) is 1.83. The van der Waals surface area contributed by atoms with Gasteiger partial charge in [0.25, 0.3) is 0 Å². The topological polar surface area (TPSA) is 29.1 Å². The lowest BCUT2D eigenvalue weighted by atomic mass is 10.4. The van der Waals surface area contributed by atoms with Crippen LogP contribution in [0, 0.1) is 6.54 Å². The van der Waals surface area contributed by atoms with Crippen molar-refractivity contribution in [1.29, 1.82) is 0 Å². The van der Waals surface area contributed by atoms with E-state index in [1.807, 2.05) is 13.8 Å². The molecule has 0 saturated heterocycles. The summed E-state index contributed by atoms with van der Waals surface area (Å²) in [5.41, 5.74) is 0. The lowest BCUT2D eigenvalue weighted by Crippen LogP contribution is -2.18. The van der Waals surface area contributed by atoms with E-state index in [2.05, 4.69) is 5.32 Å². The van der Waals surface area contributed by atoms with Crippen LogP contribution in [0.15, 0.2) is 0 Å². The molecule has 1 radical (unpaired) electrons. The van der Waals surface area contributed by atoms with E-state index in [-0.39, 0.29) is 5.91 Å². The van der Waals surface area contributed by atoms with Gasteiger partial charge in [0.05, 0.1) is 0 Å². The maximum Gasteiger partial charge on any atom is 0.220 e. The molecule has 1 amide bonds. The fourth-order valence-corrected chi connectivity index (χ4v) is 0.318. The molecule has 2 nitrogen and oxygen atoms in total. The van der Waals surface area contributed by atoms with Crippen LogP contribution in [0.5, 0.6) is 0 Å². The van der Waals surface area contributed by atoms with Crippen LogP contribution in [0.2, 0.25) is 0 Å². The molecule has 0 fully saturated rings. The first-order valence-electron chi connectivity index (χ1n) is 2.92. The third kappa shape index (κ3) is 3.65. The third-order valence-electron chi connectivity index (χ3n) is 0.788. The number of hydrogen-bond acceptors (Lipinski definition) is 1. The molecule has 8 heavy (non-hydrogen) atoms. The van der Waals surface area contributed by atoms with Crippen molar-refractivity contribution in [3.05, 3.63) is 6.54 Å². The number of amides is 1. The molecule has 0 spiro atoms. The normalized spacial score (nSPS) is 8.75. The Morgan fingerprint density at radius 2 is 2.25 bits per heavy atom. The zero-order valence-electron chi connectivity index (χ0n) is 5.40. The largest absolute Gasteiger partial charge is 0.351 e. The summed E-state index contributed by atoms with van der Waals surface area (Å²) in [4.78, 5) is 10.4.